The number of aryl methyl sites for hydroxylation is 2. The Labute approximate surface area is 96.5 Å². The standard InChI is InChI=1S/C11H13BrN2O/c1-2-13-9-5-3-4-6-10(9)14(8-7-12)11(13)15/h3-6H,2,7-8H2,1H3. The number of halogens is 1. The SMILES string of the molecule is CCn1c(=O)n(CCBr)c2ccccc21. The molecule has 2 rings (SSSR count). The molecule has 3 nitrogen and oxygen atoms in total. The lowest BCUT2D eigenvalue weighted by Crippen LogP contribution is -2.24. The second-order valence-electron chi connectivity index (χ2n) is 3.36. The summed E-state index contributed by atoms with van der Waals surface area (Å²) in [6, 6.07) is 7.91. The lowest BCUT2D eigenvalue weighted by atomic mass is 10.3. The molecule has 1 aromatic heterocycles. The molecule has 0 spiro atoms. The van der Waals surface area contributed by atoms with E-state index in [-0.39, 0.29) is 5.69 Å². The van der Waals surface area contributed by atoms with Crippen LogP contribution in [0.25, 0.3) is 11.0 Å². The van der Waals surface area contributed by atoms with Crippen LogP contribution in [0.5, 0.6) is 0 Å². The number of aromatic nitrogens is 2. The van der Waals surface area contributed by atoms with Gasteiger partial charge in [0.05, 0.1) is 11.0 Å². The molecular formula is C11H13BrN2O. The van der Waals surface area contributed by atoms with Crippen LogP contribution in [0.4, 0.5) is 0 Å². The third-order valence-electron chi connectivity index (χ3n) is 2.55. The predicted molar refractivity (Wildman–Crippen MR) is 65.7 cm³/mol. The van der Waals surface area contributed by atoms with Crippen molar-refractivity contribution in [2.75, 3.05) is 5.33 Å². The fourth-order valence-corrected chi connectivity index (χ4v) is 2.23. The lowest BCUT2D eigenvalue weighted by Gasteiger charge is -1.97. The molecule has 0 aliphatic heterocycles. The Bertz CT molecular complexity index is 527. The highest BCUT2D eigenvalue weighted by molar-refractivity contribution is 9.09. The number of hydrogen-bond donors (Lipinski definition) is 0. The molecule has 1 aromatic carbocycles. The van der Waals surface area contributed by atoms with Gasteiger partial charge < -0.3 is 0 Å². The molecule has 0 radical (unpaired) electrons. The normalized spacial score (nSPS) is 11.1. The minimum atomic E-state index is 0.0816. The maximum atomic E-state index is 12.0. The summed E-state index contributed by atoms with van der Waals surface area (Å²) in [5.74, 6) is 0. The number of hydrogen-bond acceptors (Lipinski definition) is 1. The fourth-order valence-electron chi connectivity index (χ4n) is 1.88. The summed E-state index contributed by atoms with van der Waals surface area (Å²) in [6.07, 6.45) is 0. The first-order valence-electron chi connectivity index (χ1n) is 5.03. The molecule has 0 unspecified atom stereocenters. The Balaban J connectivity index is 2.79. The van der Waals surface area contributed by atoms with Crippen molar-refractivity contribution < 1.29 is 0 Å². The van der Waals surface area contributed by atoms with Crippen molar-refractivity contribution in [1.82, 2.24) is 9.13 Å². The smallest absolute Gasteiger partial charge is 0.292 e. The summed E-state index contributed by atoms with van der Waals surface area (Å²) in [7, 11) is 0. The summed E-state index contributed by atoms with van der Waals surface area (Å²) >= 11 is 3.37. The molecule has 15 heavy (non-hydrogen) atoms. The van der Waals surface area contributed by atoms with E-state index in [1.165, 1.54) is 0 Å². The molecular weight excluding hydrogens is 256 g/mol. The highest BCUT2D eigenvalue weighted by Gasteiger charge is 2.09. The Hall–Kier alpha value is -1.03. The lowest BCUT2D eigenvalue weighted by molar-refractivity contribution is 0.676. The van der Waals surface area contributed by atoms with Crippen molar-refractivity contribution >= 4 is 27.0 Å². The van der Waals surface area contributed by atoms with Crippen LogP contribution in [-0.4, -0.2) is 14.5 Å². The van der Waals surface area contributed by atoms with Crippen LogP contribution in [0.2, 0.25) is 0 Å². The van der Waals surface area contributed by atoms with Crippen LogP contribution < -0.4 is 5.69 Å². The number of para-hydroxylation sites is 2. The monoisotopic (exact) mass is 268 g/mol. The van der Waals surface area contributed by atoms with Crippen molar-refractivity contribution in [3.05, 3.63) is 34.7 Å². The topological polar surface area (TPSA) is 26.9 Å². The third-order valence-corrected chi connectivity index (χ3v) is 2.90. The summed E-state index contributed by atoms with van der Waals surface area (Å²) < 4.78 is 3.62. The van der Waals surface area contributed by atoms with Crippen molar-refractivity contribution in [1.29, 1.82) is 0 Å². The van der Waals surface area contributed by atoms with E-state index in [1.807, 2.05) is 35.8 Å². The van der Waals surface area contributed by atoms with Gasteiger partial charge in [0.1, 0.15) is 0 Å². The zero-order valence-corrected chi connectivity index (χ0v) is 10.2. The molecule has 0 saturated carbocycles. The van der Waals surface area contributed by atoms with E-state index in [0.717, 1.165) is 16.4 Å². The fraction of sp³-hybridized carbons (Fsp3) is 0.364. The molecule has 0 saturated heterocycles. The summed E-state index contributed by atoms with van der Waals surface area (Å²) in [5.41, 5.74) is 2.12. The molecule has 80 valence electrons. The minimum Gasteiger partial charge on any atom is -0.292 e. The molecule has 0 atom stereocenters. The minimum absolute atomic E-state index is 0.0816. The van der Waals surface area contributed by atoms with Gasteiger partial charge in [-0.05, 0) is 19.1 Å². The van der Waals surface area contributed by atoms with E-state index in [9.17, 15) is 4.79 Å². The first-order chi connectivity index (χ1) is 7.29. The van der Waals surface area contributed by atoms with E-state index in [0.29, 0.717) is 13.1 Å². The van der Waals surface area contributed by atoms with Crippen LogP contribution >= 0.6 is 15.9 Å². The zero-order valence-electron chi connectivity index (χ0n) is 8.61. The summed E-state index contributed by atoms with van der Waals surface area (Å²) in [5, 5.41) is 0.796. The van der Waals surface area contributed by atoms with Gasteiger partial charge in [0, 0.05) is 18.4 Å². The van der Waals surface area contributed by atoms with Gasteiger partial charge in [-0.1, -0.05) is 28.1 Å². The Kier molecular flexibility index (Phi) is 2.95. The molecule has 2 aromatic rings. The van der Waals surface area contributed by atoms with Gasteiger partial charge in [-0.3, -0.25) is 9.13 Å². The zero-order chi connectivity index (χ0) is 10.8. The second kappa shape index (κ2) is 4.23. The quantitative estimate of drug-likeness (QED) is 0.785. The summed E-state index contributed by atoms with van der Waals surface area (Å²) in [6.45, 7) is 3.42. The number of nitrogens with zero attached hydrogens (tertiary/aromatic N) is 2. The highest BCUT2D eigenvalue weighted by Crippen LogP contribution is 2.12. The van der Waals surface area contributed by atoms with Gasteiger partial charge in [-0.2, -0.15) is 0 Å². The molecule has 0 aliphatic carbocycles. The van der Waals surface area contributed by atoms with Crippen LogP contribution in [0.15, 0.2) is 29.1 Å². The number of benzene rings is 1. The van der Waals surface area contributed by atoms with Crippen molar-refractivity contribution in [3.8, 4) is 0 Å². The Morgan fingerprint density at radius 3 is 2.33 bits per heavy atom. The number of rotatable bonds is 3. The largest absolute Gasteiger partial charge is 0.329 e. The van der Waals surface area contributed by atoms with Gasteiger partial charge in [0.15, 0.2) is 0 Å². The second-order valence-corrected chi connectivity index (χ2v) is 4.15. The Morgan fingerprint density at radius 2 is 1.80 bits per heavy atom. The van der Waals surface area contributed by atoms with Crippen LogP contribution in [-0.2, 0) is 13.1 Å². The van der Waals surface area contributed by atoms with Gasteiger partial charge in [-0.25, -0.2) is 4.79 Å². The average Bonchev–Trinajstić information content (AvgIpc) is 2.53. The first kappa shape index (κ1) is 10.5. The maximum Gasteiger partial charge on any atom is 0.329 e. The third kappa shape index (κ3) is 1.63. The number of imidazole rings is 1. The van der Waals surface area contributed by atoms with Crippen molar-refractivity contribution in [2.45, 2.75) is 20.0 Å². The van der Waals surface area contributed by atoms with E-state index >= 15 is 0 Å². The van der Waals surface area contributed by atoms with Gasteiger partial charge in [0.25, 0.3) is 0 Å². The molecule has 0 aliphatic rings. The van der Waals surface area contributed by atoms with Crippen LogP contribution in [0, 0.1) is 0 Å². The number of fused-ring (bicyclic) bond motifs is 1. The molecule has 0 N–H and O–H groups in total. The summed E-state index contributed by atoms with van der Waals surface area (Å²) in [4.78, 5) is 12.0. The average molecular weight is 269 g/mol. The molecule has 0 amide bonds. The Morgan fingerprint density at radius 1 is 1.20 bits per heavy atom. The first-order valence-corrected chi connectivity index (χ1v) is 6.15. The van der Waals surface area contributed by atoms with Crippen LogP contribution in [0.3, 0.4) is 0 Å². The molecule has 4 heteroatoms. The van der Waals surface area contributed by atoms with Gasteiger partial charge in [-0.15, -0.1) is 0 Å². The maximum absolute atomic E-state index is 12.0. The van der Waals surface area contributed by atoms with Gasteiger partial charge >= 0.3 is 5.69 Å². The highest BCUT2D eigenvalue weighted by atomic mass is 79.9. The molecule has 0 bridgehead atoms. The van der Waals surface area contributed by atoms with Crippen LogP contribution in [0.1, 0.15) is 6.92 Å². The molecule has 1 heterocycles. The van der Waals surface area contributed by atoms with E-state index < -0.39 is 0 Å². The molecule has 0 fully saturated rings. The number of alkyl halides is 1. The van der Waals surface area contributed by atoms with Gasteiger partial charge in [0.2, 0.25) is 0 Å². The predicted octanol–water partition coefficient (Wildman–Crippen LogP) is 2.22. The van der Waals surface area contributed by atoms with Crippen molar-refractivity contribution in [2.24, 2.45) is 0 Å². The van der Waals surface area contributed by atoms with E-state index in [2.05, 4.69) is 15.9 Å². The van der Waals surface area contributed by atoms with E-state index in [1.54, 1.807) is 4.57 Å². The van der Waals surface area contributed by atoms with E-state index in [4.69, 9.17) is 0 Å². The van der Waals surface area contributed by atoms with Crippen molar-refractivity contribution in [3.63, 3.8) is 0 Å².